The van der Waals surface area contributed by atoms with Gasteiger partial charge in [0.1, 0.15) is 5.56 Å². The number of amides is 3. The maximum absolute atomic E-state index is 13.1. The predicted octanol–water partition coefficient (Wildman–Crippen LogP) is 0.348. The number of aryl methyl sites for hydroxylation is 1. The van der Waals surface area contributed by atoms with Crippen LogP contribution in [-0.2, 0) is 20.9 Å². The average Bonchev–Trinajstić information content (AvgIpc) is 2.85. The summed E-state index contributed by atoms with van der Waals surface area (Å²) < 4.78 is 6.75. The van der Waals surface area contributed by atoms with Crippen LogP contribution >= 0.6 is 0 Å². The van der Waals surface area contributed by atoms with Gasteiger partial charge in [-0.05, 0) is 24.6 Å². The highest BCUT2D eigenvalue weighted by molar-refractivity contribution is 6.34. The van der Waals surface area contributed by atoms with E-state index in [9.17, 15) is 19.2 Å². The summed E-state index contributed by atoms with van der Waals surface area (Å²) in [5.41, 5.74) is 1.85. The van der Waals surface area contributed by atoms with Crippen LogP contribution in [0.25, 0.3) is 0 Å². The fraction of sp³-hybridized carbons (Fsp3) is 0.417. The first-order valence-electron chi connectivity index (χ1n) is 11.1. The van der Waals surface area contributed by atoms with Gasteiger partial charge in [0.2, 0.25) is 0 Å². The van der Waals surface area contributed by atoms with Crippen LogP contribution in [0.1, 0.15) is 21.5 Å². The van der Waals surface area contributed by atoms with Gasteiger partial charge >= 0.3 is 11.8 Å². The number of carbonyl (C=O) groups excluding carboxylic acids is 3. The Hall–Kier alpha value is -3.46. The summed E-state index contributed by atoms with van der Waals surface area (Å²) in [6, 6.07) is 11.1. The molecule has 174 valence electrons. The van der Waals surface area contributed by atoms with Gasteiger partial charge in [0.25, 0.3) is 11.5 Å². The van der Waals surface area contributed by atoms with Gasteiger partial charge in [0.15, 0.2) is 0 Å². The van der Waals surface area contributed by atoms with E-state index in [0.29, 0.717) is 32.8 Å². The van der Waals surface area contributed by atoms with Gasteiger partial charge in [-0.1, -0.05) is 29.8 Å². The van der Waals surface area contributed by atoms with Crippen molar-refractivity contribution in [2.45, 2.75) is 13.5 Å². The zero-order valence-electron chi connectivity index (χ0n) is 18.7. The Morgan fingerprint density at radius 3 is 2.15 bits per heavy atom. The lowest BCUT2D eigenvalue weighted by molar-refractivity contribution is -0.154. The van der Waals surface area contributed by atoms with Gasteiger partial charge < -0.3 is 24.0 Å². The molecule has 2 aromatic rings. The van der Waals surface area contributed by atoms with E-state index in [0.717, 1.165) is 11.1 Å². The van der Waals surface area contributed by atoms with E-state index >= 15 is 0 Å². The molecule has 3 amide bonds. The van der Waals surface area contributed by atoms with E-state index in [1.165, 1.54) is 20.4 Å². The highest BCUT2D eigenvalue weighted by atomic mass is 16.5. The van der Waals surface area contributed by atoms with Crippen molar-refractivity contribution in [2.75, 3.05) is 52.5 Å². The van der Waals surface area contributed by atoms with Crippen LogP contribution in [0.5, 0.6) is 0 Å². The molecule has 0 saturated carbocycles. The summed E-state index contributed by atoms with van der Waals surface area (Å²) in [6.07, 6.45) is 1.68. The fourth-order valence-corrected chi connectivity index (χ4v) is 4.15. The van der Waals surface area contributed by atoms with Crippen molar-refractivity contribution in [1.29, 1.82) is 0 Å². The Kier molecular flexibility index (Phi) is 6.88. The molecule has 0 atom stereocenters. The number of pyridine rings is 1. The quantitative estimate of drug-likeness (QED) is 0.627. The number of benzene rings is 1. The zero-order chi connectivity index (χ0) is 23.4. The van der Waals surface area contributed by atoms with Gasteiger partial charge in [0.05, 0.1) is 19.8 Å². The van der Waals surface area contributed by atoms with E-state index in [1.807, 2.05) is 31.2 Å². The van der Waals surface area contributed by atoms with Gasteiger partial charge in [-0.3, -0.25) is 19.2 Å². The molecule has 9 nitrogen and oxygen atoms in total. The Labute approximate surface area is 192 Å². The molecule has 0 unspecified atom stereocenters. The number of carbonyl (C=O) groups is 3. The molecule has 9 heteroatoms. The molecule has 0 aliphatic carbocycles. The smallest absolute Gasteiger partial charge is 0.312 e. The highest BCUT2D eigenvalue weighted by Gasteiger charge is 2.32. The third-order valence-electron chi connectivity index (χ3n) is 6.02. The zero-order valence-corrected chi connectivity index (χ0v) is 18.7. The van der Waals surface area contributed by atoms with Crippen LogP contribution in [0.2, 0.25) is 0 Å². The highest BCUT2D eigenvalue weighted by Crippen LogP contribution is 2.10. The number of hydrogen-bond donors (Lipinski definition) is 0. The summed E-state index contributed by atoms with van der Waals surface area (Å²) >= 11 is 0. The van der Waals surface area contributed by atoms with Crippen LogP contribution in [-0.4, -0.2) is 89.5 Å². The van der Waals surface area contributed by atoms with Crippen LogP contribution in [0.4, 0.5) is 0 Å². The molecule has 33 heavy (non-hydrogen) atoms. The number of ether oxygens (including phenoxy) is 1. The van der Waals surface area contributed by atoms with Crippen molar-refractivity contribution < 1.29 is 19.1 Å². The largest absolute Gasteiger partial charge is 0.378 e. The minimum absolute atomic E-state index is 0.106. The molecule has 2 saturated heterocycles. The van der Waals surface area contributed by atoms with Gasteiger partial charge in [-0.25, -0.2) is 0 Å². The topological polar surface area (TPSA) is 92.2 Å². The normalized spacial score (nSPS) is 16.6. The van der Waals surface area contributed by atoms with Crippen LogP contribution in [0.15, 0.2) is 47.4 Å². The van der Waals surface area contributed by atoms with E-state index in [1.54, 1.807) is 17.2 Å². The summed E-state index contributed by atoms with van der Waals surface area (Å²) in [4.78, 5) is 55.6. The number of rotatable bonds is 3. The first-order chi connectivity index (χ1) is 15.9. The number of piperazine rings is 1. The fourth-order valence-electron chi connectivity index (χ4n) is 4.15. The SMILES string of the molecule is Cc1cccc(Cn2cccc(C(=O)N3CCN(C(=O)C(=O)N4CCOCC4)CC3)c2=O)c1. The molecule has 3 heterocycles. The van der Waals surface area contributed by atoms with E-state index in [4.69, 9.17) is 4.74 Å². The molecule has 1 aromatic carbocycles. The lowest BCUT2D eigenvalue weighted by atomic mass is 10.1. The molecule has 0 N–H and O–H groups in total. The maximum Gasteiger partial charge on any atom is 0.312 e. The lowest BCUT2D eigenvalue weighted by Crippen LogP contribution is -2.55. The second kappa shape index (κ2) is 9.99. The molecule has 2 aliphatic rings. The summed E-state index contributed by atoms with van der Waals surface area (Å²) in [5.74, 6) is -1.44. The Morgan fingerprint density at radius 2 is 1.48 bits per heavy atom. The summed E-state index contributed by atoms with van der Waals surface area (Å²) in [7, 11) is 0. The second-order valence-electron chi connectivity index (χ2n) is 8.33. The number of morpholine rings is 1. The van der Waals surface area contributed by atoms with Crippen molar-refractivity contribution in [3.63, 3.8) is 0 Å². The van der Waals surface area contributed by atoms with Crippen LogP contribution in [0.3, 0.4) is 0 Å². The van der Waals surface area contributed by atoms with E-state index in [2.05, 4.69) is 0 Å². The van der Waals surface area contributed by atoms with Crippen molar-refractivity contribution in [2.24, 2.45) is 0 Å². The van der Waals surface area contributed by atoms with Crippen molar-refractivity contribution >= 4 is 17.7 Å². The molecule has 0 bridgehead atoms. The standard InChI is InChI=1S/C24H28N4O5/c1-18-4-2-5-19(16-18)17-28-7-3-6-20(22(28)30)21(29)25-8-10-26(11-9-25)23(31)24(32)27-12-14-33-15-13-27/h2-7,16H,8-15,17H2,1H3. The predicted molar refractivity (Wildman–Crippen MR) is 121 cm³/mol. The average molecular weight is 453 g/mol. The number of aromatic nitrogens is 1. The molecule has 2 fully saturated rings. The van der Waals surface area contributed by atoms with E-state index < -0.39 is 11.8 Å². The van der Waals surface area contributed by atoms with Gasteiger partial charge in [0, 0.05) is 45.5 Å². The van der Waals surface area contributed by atoms with Gasteiger partial charge in [-0.2, -0.15) is 0 Å². The van der Waals surface area contributed by atoms with E-state index in [-0.39, 0.29) is 43.2 Å². The number of hydrogen-bond acceptors (Lipinski definition) is 5. The lowest BCUT2D eigenvalue weighted by Gasteiger charge is -2.35. The third-order valence-corrected chi connectivity index (χ3v) is 6.02. The molecule has 4 rings (SSSR count). The minimum Gasteiger partial charge on any atom is -0.378 e. The molecular weight excluding hydrogens is 424 g/mol. The van der Waals surface area contributed by atoms with Gasteiger partial charge in [-0.15, -0.1) is 0 Å². The Morgan fingerprint density at radius 1 is 0.848 bits per heavy atom. The third kappa shape index (κ3) is 5.14. The summed E-state index contributed by atoms with van der Waals surface area (Å²) in [6.45, 7) is 5.10. The van der Waals surface area contributed by atoms with Crippen LogP contribution < -0.4 is 5.56 Å². The van der Waals surface area contributed by atoms with Crippen LogP contribution in [0, 0.1) is 6.92 Å². The molecule has 0 radical (unpaired) electrons. The second-order valence-corrected chi connectivity index (χ2v) is 8.33. The summed E-state index contributed by atoms with van der Waals surface area (Å²) in [5, 5.41) is 0. The minimum atomic E-state index is -0.552. The number of nitrogens with zero attached hydrogens (tertiary/aromatic N) is 4. The molecule has 1 aromatic heterocycles. The molecule has 2 aliphatic heterocycles. The van der Waals surface area contributed by atoms with Crippen molar-refractivity contribution in [1.82, 2.24) is 19.3 Å². The molecule has 0 spiro atoms. The Balaban J connectivity index is 1.39. The Bertz CT molecular complexity index is 1100. The van der Waals surface area contributed by atoms with Crippen molar-refractivity contribution in [3.05, 3.63) is 69.6 Å². The molecular formula is C24H28N4O5. The first kappa shape index (κ1) is 22.7. The first-order valence-corrected chi connectivity index (χ1v) is 11.1. The maximum atomic E-state index is 13.1. The van der Waals surface area contributed by atoms with Crippen molar-refractivity contribution in [3.8, 4) is 0 Å². The monoisotopic (exact) mass is 452 g/mol.